The number of aliphatic hydroxyl groups excluding tert-OH is 1. The van der Waals surface area contributed by atoms with Crippen LogP contribution in [0.4, 0.5) is 0 Å². The molecule has 1 aliphatic rings. The Morgan fingerprint density at radius 1 is 1.09 bits per heavy atom. The second kappa shape index (κ2) is 6.87. The van der Waals surface area contributed by atoms with Crippen LogP contribution in [0.5, 0.6) is 5.75 Å². The molecule has 0 radical (unpaired) electrons. The van der Waals surface area contributed by atoms with Gasteiger partial charge in [0.05, 0.1) is 19.3 Å². The van der Waals surface area contributed by atoms with Crippen LogP contribution in [0, 0.1) is 0 Å². The summed E-state index contributed by atoms with van der Waals surface area (Å²) in [5, 5.41) is 22.0. The van der Waals surface area contributed by atoms with Gasteiger partial charge in [0.25, 0.3) is 0 Å². The highest BCUT2D eigenvalue weighted by Crippen LogP contribution is 2.25. The fourth-order valence-electron chi connectivity index (χ4n) is 3.31. The van der Waals surface area contributed by atoms with Gasteiger partial charge in [0.15, 0.2) is 0 Å². The van der Waals surface area contributed by atoms with Crippen molar-refractivity contribution < 1.29 is 14.9 Å². The number of methoxy groups -OCH3 is 1. The first-order valence-electron chi connectivity index (χ1n) is 8.24. The number of ether oxygens (including phenoxy) is 1. The molecule has 3 rings (SSSR count). The van der Waals surface area contributed by atoms with Crippen molar-refractivity contribution in [2.45, 2.75) is 31.4 Å². The first kappa shape index (κ1) is 16.2. The van der Waals surface area contributed by atoms with Crippen LogP contribution in [0.2, 0.25) is 0 Å². The van der Waals surface area contributed by atoms with Crippen molar-refractivity contribution in [1.29, 1.82) is 0 Å². The minimum atomic E-state index is -0.894. The van der Waals surface area contributed by atoms with Crippen molar-refractivity contribution in [2.75, 3.05) is 26.8 Å². The summed E-state index contributed by atoms with van der Waals surface area (Å²) in [6.07, 6.45) is 2.23. The van der Waals surface area contributed by atoms with E-state index >= 15 is 0 Å². The van der Waals surface area contributed by atoms with Gasteiger partial charge in [0.2, 0.25) is 0 Å². The first-order chi connectivity index (χ1) is 11.1. The van der Waals surface area contributed by atoms with E-state index in [0.717, 1.165) is 31.8 Å². The third kappa shape index (κ3) is 3.83. The predicted octanol–water partition coefficient (Wildman–Crippen LogP) is 2.56. The Balaban J connectivity index is 1.71. The van der Waals surface area contributed by atoms with Crippen molar-refractivity contribution in [2.24, 2.45) is 0 Å². The smallest absolute Gasteiger partial charge is 0.119 e. The molecule has 1 heterocycles. The van der Waals surface area contributed by atoms with Crippen molar-refractivity contribution >= 4 is 10.8 Å². The maximum Gasteiger partial charge on any atom is 0.119 e. The molecule has 2 aromatic rings. The highest BCUT2D eigenvalue weighted by atomic mass is 16.5. The Hall–Kier alpha value is -1.62. The zero-order valence-corrected chi connectivity index (χ0v) is 13.7. The van der Waals surface area contributed by atoms with Crippen molar-refractivity contribution in [3.05, 3.63) is 42.0 Å². The monoisotopic (exact) mass is 315 g/mol. The molecule has 1 unspecified atom stereocenters. The largest absolute Gasteiger partial charge is 0.497 e. The number of hydrogen-bond donors (Lipinski definition) is 2. The van der Waals surface area contributed by atoms with E-state index in [1.807, 2.05) is 12.1 Å². The Morgan fingerprint density at radius 3 is 2.65 bits per heavy atom. The van der Waals surface area contributed by atoms with Crippen LogP contribution in [0.1, 0.15) is 24.8 Å². The van der Waals surface area contributed by atoms with Gasteiger partial charge in [-0.2, -0.15) is 0 Å². The molecule has 0 aliphatic carbocycles. The van der Waals surface area contributed by atoms with E-state index in [2.05, 4.69) is 29.2 Å². The number of hydrogen-bond acceptors (Lipinski definition) is 4. The van der Waals surface area contributed by atoms with Gasteiger partial charge < -0.3 is 14.9 Å². The number of aliphatic hydroxyl groups is 2. The van der Waals surface area contributed by atoms with Gasteiger partial charge in [-0.3, -0.25) is 4.90 Å². The Bertz CT molecular complexity index is 673. The number of fused-ring (bicyclic) bond motifs is 1. The van der Waals surface area contributed by atoms with E-state index < -0.39 is 5.60 Å². The Kier molecular flexibility index (Phi) is 4.85. The maximum absolute atomic E-state index is 10.2. The van der Waals surface area contributed by atoms with Gasteiger partial charge in [0, 0.05) is 13.1 Å². The minimum Gasteiger partial charge on any atom is -0.497 e. The van der Waals surface area contributed by atoms with E-state index in [4.69, 9.17) is 4.74 Å². The second-order valence-electron chi connectivity index (χ2n) is 6.56. The molecule has 1 fully saturated rings. The SMILES string of the molecule is COc1ccc2cc(CN3CCCC(O)(CO)CC3)ccc2c1. The van der Waals surface area contributed by atoms with Gasteiger partial charge in [-0.25, -0.2) is 0 Å². The Labute approximate surface area is 137 Å². The third-order valence-corrected chi connectivity index (χ3v) is 4.82. The number of likely N-dealkylation sites (tertiary alicyclic amines) is 1. The third-order valence-electron chi connectivity index (χ3n) is 4.82. The van der Waals surface area contributed by atoms with Crippen molar-refractivity contribution in [1.82, 2.24) is 4.90 Å². The Morgan fingerprint density at radius 2 is 1.87 bits per heavy atom. The van der Waals surface area contributed by atoms with Crippen LogP contribution in [0.25, 0.3) is 10.8 Å². The molecule has 1 atom stereocenters. The lowest BCUT2D eigenvalue weighted by Gasteiger charge is -2.24. The van der Waals surface area contributed by atoms with Crippen molar-refractivity contribution in [3.63, 3.8) is 0 Å². The molecule has 1 aliphatic heterocycles. The number of rotatable bonds is 4. The summed E-state index contributed by atoms with van der Waals surface area (Å²) in [6, 6.07) is 12.6. The summed E-state index contributed by atoms with van der Waals surface area (Å²) in [4.78, 5) is 2.36. The molecular weight excluding hydrogens is 290 g/mol. The lowest BCUT2D eigenvalue weighted by atomic mass is 9.96. The average Bonchev–Trinajstić information content (AvgIpc) is 2.77. The van der Waals surface area contributed by atoms with Crippen LogP contribution in [0.15, 0.2) is 36.4 Å². The van der Waals surface area contributed by atoms with E-state index in [0.29, 0.717) is 12.8 Å². The molecule has 2 aromatic carbocycles. The molecule has 0 spiro atoms. The van der Waals surface area contributed by atoms with Gasteiger partial charge >= 0.3 is 0 Å². The molecule has 0 amide bonds. The topological polar surface area (TPSA) is 52.9 Å². The molecular formula is C19H25NO3. The summed E-state index contributed by atoms with van der Waals surface area (Å²) in [5.41, 5.74) is 0.381. The fraction of sp³-hybridized carbons (Fsp3) is 0.474. The molecule has 124 valence electrons. The maximum atomic E-state index is 10.2. The lowest BCUT2D eigenvalue weighted by molar-refractivity contribution is -0.0255. The van der Waals surface area contributed by atoms with Crippen molar-refractivity contribution in [3.8, 4) is 5.75 Å². The second-order valence-corrected chi connectivity index (χ2v) is 6.56. The molecule has 0 saturated carbocycles. The van der Waals surface area contributed by atoms with Gasteiger partial charge in [0.1, 0.15) is 5.75 Å². The fourth-order valence-corrected chi connectivity index (χ4v) is 3.31. The summed E-state index contributed by atoms with van der Waals surface area (Å²) in [7, 11) is 1.68. The van der Waals surface area contributed by atoms with E-state index in [1.54, 1.807) is 7.11 Å². The number of benzene rings is 2. The normalized spacial score (nSPS) is 22.9. The zero-order valence-electron chi connectivity index (χ0n) is 13.7. The lowest BCUT2D eigenvalue weighted by Crippen LogP contribution is -2.34. The molecule has 2 N–H and O–H groups in total. The van der Waals surface area contributed by atoms with Gasteiger partial charge in [-0.1, -0.05) is 18.2 Å². The van der Waals surface area contributed by atoms with Gasteiger partial charge in [-0.05, 0) is 60.3 Å². The summed E-state index contributed by atoms with van der Waals surface area (Å²) in [6.45, 7) is 2.52. The average molecular weight is 315 g/mol. The van der Waals surface area contributed by atoms with Gasteiger partial charge in [-0.15, -0.1) is 0 Å². The molecule has 23 heavy (non-hydrogen) atoms. The van der Waals surface area contributed by atoms with Crippen LogP contribution >= 0.6 is 0 Å². The predicted molar refractivity (Wildman–Crippen MR) is 91.7 cm³/mol. The van der Waals surface area contributed by atoms with Crippen LogP contribution in [-0.2, 0) is 6.54 Å². The highest BCUT2D eigenvalue weighted by Gasteiger charge is 2.29. The molecule has 1 saturated heterocycles. The highest BCUT2D eigenvalue weighted by molar-refractivity contribution is 5.84. The van der Waals surface area contributed by atoms with E-state index in [9.17, 15) is 10.2 Å². The quantitative estimate of drug-likeness (QED) is 0.910. The van der Waals surface area contributed by atoms with Crippen LogP contribution in [-0.4, -0.2) is 47.5 Å². The molecule has 4 heteroatoms. The first-order valence-corrected chi connectivity index (χ1v) is 8.24. The zero-order chi connectivity index (χ0) is 16.3. The summed E-state index contributed by atoms with van der Waals surface area (Å²) >= 11 is 0. The van der Waals surface area contributed by atoms with Crippen LogP contribution in [0.3, 0.4) is 0 Å². The summed E-state index contributed by atoms with van der Waals surface area (Å²) in [5.74, 6) is 0.876. The molecule has 0 bridgehead atoms. The van der Waals surface area contributed by atoms with Crippen LogP contribution < -0.4 is 4.74 Å². The van der Waals surface area contributed by atoms with E-state index in [1.165, 1.54) is 16.3 Å². The minimum absolute atomic E-state index is 0.140. The summed E-state index contributed by atoms with van der Waals surface area (Å²) < 4.78 is 5.27. The van der Waals surface area contributed by atoms with E-state index in [-0.39, 0.29) is 6.61 Å². The molecule has 4 nitrogen and oxygen atoms in total. The molecule has 0 aromatic heterocycles. The number of nitrogens with zero attached hydrogens (tertiary/aromatic N) is 1. The standard InChI is InChI=1S/C19H25NO3/c1-23-18-6-5-16-11-15(3-4-17(16)12-18)13-20-9-2-7-19(22,14-21)8-10-20/h3-6,11-12,21-22H,2,7-10,13-14H2,1H3.